The summed E-state index contributed by atoms with van der Waals surface area (Å²) >= 11 is 20.4. The quantitative estimate of drug-likeness (QED) is 0.481. The third-order valence-corrected chi connectivity index (χ3v) is 1.50. The Bertz CT molecular complexity index is 203. The molecular formula is C7H7Cl4Si. The van der Waals surface area contributed by atoms with E-state index in [0.29, 0.717) is 0 Å². The minimum Gasteiger partial charge on any atom is -0.125 e. The molecule has 1 aromatic carbocycles. The Hall–Kier alpha value is 0.597. The number of rotatable bonds is 0. The van der Waals surface area contributed by atoms with Gasteiger partial charge in [-0.05, 0) is 18.6 Å². The molecular weight excluding hydrogens is 254 g/mol. The first-order valence-corrected chi connectivity index (χ1v) is 8.00. The van der Waals surface area contributed by atoms with E-state index >= 15 is 0 Å². The maximum atomic E-state index is 5.71. The lowest BCUT2D eigenvalue weighted by atomic mass is 10.2. The first-order chi connectivity index (χ1) is 5.54. The van der Waals surface area contributed by atoms with Crippen molar-refractivity contribution < 1.29 is 0 Å². The van der Waals surface area contributed by atoms with Gasteiger partial charge in [0.05, 0.1) is 0 Å². The lowest BCUT2D eigenvalue weighted by molar-refractivity contribution is 1.47. The Morgan fingerprint density at radius 2 is 1.50 bits per heavy atom. The number of hydrogen-bond acceptors (Lipinski definition) is 0. The van der Waals surface area contributed by atoms with Gasteiger partial charge < -0.3 is 0 Å². The summed E-state index contributed by atoms with van der Waals surface area (Å²) in [5.41, 5.74) is 1.13. The zero-order valence-corrected chi connectivity index (χ0v) is 10.3. The first-order valence-electron chi connectivity index (χ1n) is 3.08. The Kier molecular flexibility index (Phi) is 7.39. The highest BCUT2D eigenvalue weighted by atomic mass is 35.8. The monoisotopic (exact) mass is 259 g/mol. The second kappa shape index (κ2) is 7.04. The number of benzene rings is 1. The number of aryl methyl sites for hydroxylation is 1. The molecule has 0 amide bonds. The Morgan fingerprint density at radius 1 is 1.08 bits per heavy atom. The Balaban J connectivity index is 0.000000261. The minimum atomic E-state index is -1.46. The van der Waals surface area contributed by atoms with Crippen molar-refractivity contribution in [2.45, 2.75) is 6.92 Å². The summed E-state index contributed by atoms with van der Waals surface area (Å²) in [6.45, 7) is 0.525. The summed E-state index contributed by atoms with van der Waals surface area (Å²) in [5.74, 6) is 0. The second-order valence-corrected chi connectivity index (χ2v) is 7.94. The van der Waals surface area contributed by atoms with Crippen LogP contribution in [0.4, 0.5) is 0 Å². The fourth-order valence-corrected chi connectivity index (χ4v) is 0.687. The molecule has 0 unspecified atom stereocenters. The molecule has 1 radical (unpaired) electrons. The van der Waals surface area contributed by atoms with Crippen molar-refractivity contribution in [3.05, 3.63) is 34.9 Å². The lowest BCUT2D eigenvalue weighted by Crippen LogP contribution is -1.68. The van der Waals surface area contributed by atoms with E-state index in [1.165, 1.54) is 0 Å². The predicted molar refractivity (Wildman–Crippen MR) is 59.5 cm³/mol. The molecule has 0 saturated carbocycles. The normalized spacial score (nSPS) is 9.17. The van der Waals surface area contributed by atoms with Gasteiger partial charge in [-0.1, -0.05) is 29.8 Å². The molecule has 0 nitrogen and oxygen atoms in total. The second-order valence-electron chi connectivity index (χ2n) is 1.96. The van der Waals surface area contributed by atoms with Crippen LogP contribution in [0.15, 0.2) is 24.3 Å². The molecule has 0 bridgehead atoms. The number of hydrogen-bond donors (Lipinski definition) is 0. The topological polar surface area (TPSA) is 0 Å². The fourth-order valence-electron chi connectivity index (χ4n) is 0.551. The van der Waals surface area contributed by atoms with Gasteiger partial charge in [0.25, 0.3) is 0 Å². The third kappa shape index (κ3) is 7.26. The molecule has 67 valence electrons. The third-order valence-electron chi connectivity index (χ3n) is 1.08. The van der Waals surface area contributed by atoms with Crippen molar-refractivity contribution in [1.29, 1.82) is 0 Å². The van der Waals surface area contributed by atoms with Gasteiger partial charge in [0.2, 0.25) is 0 Å². The molecule has 0 aliphatic heterocycles. The van der Waals surface area contributed by atoms with E-state index in [-0.39, 0.29) is 0 Å². The standard InChI is InChI=1S/C7H7Cl.Cl3Si/c1-6-4-2-3-5-7(6)8;1-4(2)3/h2-5H,1H3;. The van der Waals surface area contributed by atoms with E-state index in [9.17, 15) is 0 Å². The van der Waals surface area contributed by atoms with Gasteiger partial charge in [-0.15, -0.1) is 33.2 Å². The minimum absolute atomic E-state index is 0.840. The van der Waals surface area contributed by atoms with Crippen LogP contribution in [0.2, 0.25) is 5.02 Å². The van der Waals surface area contributed by atoms with Gasteiger partial charge in [0.1, 0.15) is 0 Å². The summed E-state index contributed by atoms with van der Waals surface area (Å²) in [6, 6.07) is 7.77. The van der Waals surface area contributed by atoms with Crippen LogP contribution in [0.5, 0.6) is 0 Å². The molecule has 5 heteroatoms. The van der Waals surface area contributed by atoms with Crippen LogP contribution in [0.3, 0.4) is 0 Å². The first kappa shape index (κ1) is 12.6. The van der Waals surface area contributed by atoms with Crippen LogP contribution in [0.1, 0.15) is 5.56 Å². The van der Waals surface area contributed by atoms with Crippen molar-refractivity contribution in [3.8, 4) is 0 Å². The summed E-state index contributed by atoms with van der Waals surface area (Å²) in [5, 5.41) is 0.840. The van der Waals surface area contributed by atoms with Crippen LogP contribution < -0.4 is 0 Å². The van der Waals surface area contributed by atoms with Crippen molar-refractivity contribution >= 4 is 51.6 Å². The average molecular weight is 261 g/mol. The molecule has 0 heterocycles. The zero-order chi connectivity index (χ0) is 9.56. The Labute approximate surface area is 93.1 Å². The maximum Gasteiger partial charge on any atom is 0.376 e. The highest BCUT2D eigenvalue weighted by molar-refractivity contribution is 7.54. The van der Waals surface area contributed by atoms with Crippen molar-refractivity contribution in [1.82, 2.24) is 0 Å². The molecule has 0 saturated heterocycles. The predicted octanol–water partition coefficient (Wildman–Crippen LogP) is 4.34. The van der Waals surface area contributed by atoms with Crippen molar-refractivity contribution in [3.63, 3.8) is 0 Å². The van der Waals surface area contributed by atoms with Gasteiger partial charge >= 0.3 is 6.73 Å². The molecule has 0 aliphatic carbocycles. The van der Waals surface area contributed by atoms with Gasteiger partial charge in [0, 0.05) is 5.02 Å². The van der Waals surface area contributed by atoms with Gasteiger partial charge in [-0.25, -0.2) is 0 Å². The van der Waals surface area contributed by atoms with Crippen molar-refractivity contribution in [2.75, 3.05) is 0 Å². The maximum absolute atomic E-state index is 5.71. The average Bonchev–Trinajstić information content (AvgIpc) is 1.94. The van der Waals surface area contributed by atoms with Gasteiger partial charge in [-0.3, -0.25) is 0 Å². The van der Waals surface area contributed by atoms with Gasteiger partial charge in [-0.2, -0.15) is 0 Å². The summed E-state index contributed by atoms with van der Waals surface area (Å²) in [7, 11) is 0. The molecule has 0 fully saturated rings. The number of halogens is 4. The SMILES string of the molecule is Cc1ccccc1Cl.Cl[Si](Cl)Cl. The summed E-state index contributed by atoms with van der Waals surface area (Å²) in [6.07, 6.45) is 0. The fraction of sp³-hybridized carbons (Fsp3) is 0.143. The molecule has 0 N–H and O–H groups in total. The summed E-state index contributed by atoms with van der Waals surface area (Å²) in [4.78, 5) is 0. The molecule has 0 spiro atoms. The van der Waals surface area contributed by atoms with Crippen LogP contribution in [0.25, 0.3) is 0 Å². The molecule has 1 aromatic rings. The lowest BCUT2D eigenvalue weighted by Gasteiger charge is -1.90. The molecule has 0 atom stereocenters. The van der Waals surface area contributed by atoms with E-state index in [2.05, 4.69) is 0 Å². The molecule has 1 rings (SSSR count). The molecule has 0 aliphatic rings. The van der Waals surface area contributed by atoms with Crippen LogP contribution in [0, 0.1) is 6.92 Å². The highest BCUT2D eigenvalue weighted by Gasteiger charge is 1.88. The van der Waals surface area contributed by atoms with E-state index in [4.69, 9.17) is 44.8 Å². The van der Waals surface area contributed by atoms with E-state index in [1.807, 2.05) is 31.2 Å². The van der Waals surface area contributed by atoms with Crippen molar-refractivity contribution in [2.24, 2.45) is 0 Å². The van der Waals surface area contributed by atoms with Crippen LogP contribution in [-0.4, -0.2) is 6.73 Å². The van der Waals surface area contributed by atoms with Gasteiger partial charge in [0.15, 0.2) is 0 Å². The van der Waals surface area contributed by atoms with E-state index < -0.39 is 6.73 Å². The largest absolute Gasteiger partial charge is 0.376 e. The Morgan fingerprint density at radius 3 is 1.75 bits per heavy atom. The molecule has 12 heavy (non-hydrogen) atoms. The molecule has 0 aromatic heterocycles. The van der Waals surface area contributed by atoms with Crippen LogP contribution >= 0.6 is 44.8 Å². The van der Waals surface area contributed by atoms with Crippen LogP contribution in [-0.2, 0) is 0 Å². The smallest absolute Gasteiger partial charge is 0.125 e. The zero-order valence-electron chi connectivity index (χ0n) is 6.32. The summed E-state index contributed by atoms with van der Waals surface area (Å²) < 4.78 is 0. The highest BCUT2D eigenvalue weighted by Crippen LogP contribution is 2.11. The van der Waals surface area contributed by atoms with E-state index in [0.717, 1.165) is 10.6 Å². The van der Waals surface area contributed by atoms with E-state index in [1.54, 1.807) is 0 Å².